The molecule has 0 aliphatic carbocycles. The molecule has 29 heavy (non-hydrogen) atoms. The van der Waals surface area contributed by atoms with Crippen molar-refractivity contribution < 1.29 is 4.74 Å². The molecule has 0 saturated heterocycles. The van der Waals surface area contributed by atoms with Crippen LogP contribution in [0, 0.1) is 0 Å². The fraction of sp³-hybridized carbons (Fsp3) is 0.160. The summed E-state index contributed by atoms with van der Waals surface area (Å²) in [6, 6.07) is 29.3. The minimum absolute atomic E-state index is 0.633. The third kappa shape index (κ3) is 5.56. The Morgan fingerprint density at radius 2 is 1.45 bits per heavy atom. The molecule has 0 aliphatic heterocycles. The molecule has 0 radical (unpaired) electrons. The fourth-order valence-corrected chi connectivity index (χ4v) is 3.36. The first-order chi connectivity index (χ1) is 14.4. The van der Waals surface area contributed by atoms with E-state index in [2.05, 4.69) is 87.9 Å². The minimum atomic E-state index is 0.633. The normalized spacial score (nSPS) is 10.9. The first-order valence-electron chi connectivity index (χ1n) is 9.89. The van der Waals surface area contributed by atoms with Crippen molar-refractivity contribution in [2.45, 2.75) is 13.1 Å². The molecular formula is C25H25N3O. The Kier molecular flexibility index (Phi) is 6.35. The van der Waals surface area contributed by atoms with Crippen LogP contribution < -0.4 is 4.74 Å². The number of ether oxygens (including phenoxy) is 1. The predicted molar refractivity (Wildman–Crippen MR) is 117 cm³/mol. The minimum Gasteiger partial charge on any atom is -0.492 e. The van der Waals surface area contributed by atoms with E-state index >= 15 is 0 Å². The topological polar surface area (TPSA) is 41.1 Å². The summed E-state index contributed by atoms with van der Waals surface area (Å²) < 4.78 is 6.08. The van der Waals surface area contributed by atoms with Gasteiger partial charge in [-0.25, -0.2) is 0 Å². The number of nitrogens with zero attached hydrogens (tertiary/aromatic N) is 2. The Labute approximate surface area is 171 Å². The van der Waals surface area contributed by atoms with Gasteiger partial charge in [0.05, 0.1) is 6.20 Å². The van der Waals surface area contributed by atoms with Crippen molar-refractivity contribution >= 4 is 0 Å². The molecular weight excluding hydrogens is 358 g/mol. The average molecular weight is 383 g/mol. The van der Waals surface area contributed by atoms with Gasteiger partial charge in [0.1, 0.15) is 12.4 Å². The van der Waals surface area contributed by atoms with Gasteiger partial charge < -0.3 is 4.74 Å². The molecule has 4 rings (SSSR count). The van der Waals surface area contributed by atoms with Gasteiger partial charge in [0.15, 0.2) is 0 Å². The van der Waals surface area contributed by atoms with Crippen LogP contribution in [-0.4, -0.2) is 28.2 Å². The molecule has 3 aromatic carbocycles. The highest BCUT2D eigenvalue weighted by atomic mass is 16.5. The van der Waals surface area contributed by atoms with Gasteiger partial charge in [-0.1, -0.05) is 72.8 Å². The Morgan fingerprint density at radius 3 is 2.07 bits per heavy atom. The lowest BCUT2D eigenvalue weighted by atomic mass is 10.1. The van der Waals surface area contributed by atoms with Crippen molar-refractivity contribution in [2.75, 3.05) is 13.2 Å². The number of rotatable bonds is 9. The maximum Gasteiger partial charge on any atom is 0.119 e. The van der Waals surface area contributed by atoms with Gasteiger partial charge in [0, 0.05) is 31.4 Å². The summed E-state index contributed by atoms with van der Waals surface area (Å²) in [5.41, 5.74) is 4.78. The highest BCUT2D eigenvalue weighted by molar-refractivity contribution is 5.63. The van der Waals surface area contributed by atoms with Crippen molar-refractivity contribution in [3.05, 3.63) is 108 Å². The van der Waals surface area contributed by atoms with Crippen LogP contribution in [0.25, 0.3) is 11.1 Å². The van der Waals surface area contributed by atoms with Crippen molar-refractivity contribution in [3.8, 4) is 16.9 Å². The van der Waals surface area contributed by atoms with Crippen molar-refractivity contribution in [2.24, 2.45) is 0 Å². The van der Waals surface area contributed by atoms with Crippen LogP contribution in [0.2, 0.25) is 0 Å². The molecule has 0 bridgehead atoms. The number of hydrogen-bond donors (Lipinski definition) is 1. The predicted octanol–water partition coefficient (Wildman–Crippen LogP) is 5.16. The van der Waals surface area contributed by atoms with E-state index in [0.29, 0.717) is 6.61 Å². The van der Waals surface area contributed by atoms with Crippen molar-refractivity contribution in [3.63, 3.8) is 0 Å². The van der Waals surface area contributed by atoms with E-state index in [1.54, 1.807) is 0 Å². The van der Waals surface area contributed by atoms with E-state index in [0.717, 1.165) is 36.5 Å². The molecule has 4 aromatic rings. The van der Waals surface area contributed by atoms with Gasteiger partial charge in [-0.05, 0) is 28.8 Å². The summed E-state index contributed by atoms with van der Waals surface area (Å²) in [6.07, 6.45) is 3.71. The van der Waals surface area contributed by atoms with Gasteiger partial charge in [0.25, 0.3) is 0 Å². The molecule has 4 heteroatoms. The van der Waals surface area contributed by atoms with Crippen molar-refractivity contribution in [1.29, 1.82) is 0 Å². The molecule has 0 spiro atoms. The second kappa shape index (κ2) is 9.71. The Morgan fingerprint density at radius 1 is 0.759 bits per heavy atom. The van der Waals surface area contributed by atoms with E-state index in [1.165, 1.54) is 11.1 Å². The molecule has 0 unspecified atom stereocenters. The van der Waals surface area contributed by atoms with Gasteiger partial charge in [-0.15, -0.1) is 0 Å². The zero-order valence-corrected chi connectivity index (χ0v) is 16.4. The Bertz CT molecular complexity index is 944. The van der Waals surface area contributed by atoms with E-state index in [4.69, 9.17) is 4.74 Å². The first-order valence-corrected chi connectivity index (χ1v) is 9.89. The number of aromatic amines is 1. The van der Waals surface area contributed by atoms with Crippen LogP contribution in [0.5, 0.6) is 5.75 Å². The standard InChI is InChI=1S/C25H25N3O/c1-3-8-21(9-4-1)19-28(20-22-10-5-2-6-11-22)14-15-29-25-13-7-12-23(16-25)24-17-26-27-18-24/h1-13,16-18H,14-15,19-20H2,(H,26,27). The highest BCUT2D eigenvalue weighted by Gasteiger charge is 2.08. The van der Waals surface area contributed by atoms with Crippen LogP contribution >= 0.6 is 0 Å². The molecule has 146 valence electrons. The summed E-state index contributed by atoms with van der Waals surface area (Å²) in [5.74, 6) is 0.878. The summed E-state index contributed by atoms with van der Waals surface area (Å²) in [5, 5.41) is 6.88. The van der Waals surface area contributed by atoms with E-state index < -0.39 is 0 Å². The van der Waals surface area contributed by atoms with Crippen LogP contribution in [-0.2, 0) is 13.1 Å². The monoisotopic (exact) mass is 383 g/mol. The van der Waals surface area contributed by atoms with Crippen LogP contribution in [0.3, 0.4) is 0 Å². The number of H-pyrrole nitrogens is 1. The molecule has 1 heterocycles. The average Bonchev–Trinajstić information content (AvgIpc) is 3.30. The fourth-order valence-electron chi connectivity index (χ4n) is 3.36. The summed E-state index contributed by atoms with van der Waals surface area (Å²) in [4.78, 5) is 2.42. The molecule has 1 aromatic heterocycles. The summed E-state index contributed by atoms with van der Waals surface area (Å²) >= 11 is 0. The number of aromatic nitrogens is 2. The SMILES string of the molecule is c1ccc(CN(CCOc2cccc(-c3cn[nH]c3)c2)Cc2ccccc2)cc1. The van der Waals surface area contributed by atoms with Crippen LogP contribution in [0.4, 0.5) is 0 Å². The van der Waals surface area contributed by atoms with E-state index in [1.807, 2.05) is 24.5 Å². The number of hydrogen-bond acceptors (Lipinski definition) is 3. The smallest absolute Gasteiger partial charge is 0.119 e. The van der Waals surface area contributed by atoms with E-state index in [-0.39, 0.29) is 0 Å². The van der Waals surface area contributed by atoms with Crippen LogP contribution in [0.1, 0.15) is 11.1 Å². The molecule has 0 saturated carbocycles. The van der Waals surface area contributed by atoms with Crippen molar-refractivity contribution in [1.82, 2.24) is 15.1 Å². The molecule has 1 N–H and O–H groups in total. The second-order valence-electron chi connectivity index (χ2n) is 7.05. The Balaban J connectivity index is 1.39. The van der Waals surface area contributed by atoms with Gasteiger partial charge in [0.2, 0.25) is 0 Å². The second-order valence-corrected chi connectivity index (χ2v) is 7.05. The zero-order valence-electron chi connectivity index (χ0n) is 16.4. The van der Waals surface area contributed by atoms with Crippen LogP contribution in [0.15, 0.2) is 97.3 Å². The number of nitrogens with one attached hydrogen (secondary N) is 1. The van der Waals surface area contributed by atoms with Gasteiger partial charge >= 0.3 is 0 Å². The quantitative estimate of drug-likeness (QED) is 0.434. The third-order valence-electron chi connectivity index (χ3n) is 4.84. The Hall–Kier alpha value is -3.37. The number of benzene rings is 3. The lowest BCUT2D eigenvalue weighted by Crippen LogP contribution is -2.27. The molecule has 0 amide bonds. The third-order valence-corrected chi connectivity index (χ3v) is 4.84. The maximum atomic E-state index is 6.08. The first kappa shape index (κ1) is 19.0. The highest BCUT2D eigenvalue weighted by Crippen LogP contribution is 2.22. The molecule has 0 atom stereocenters. The summed E-state index contributed by atoms with van der Waals surface area (Å²) in [7, 11) is 0. The largest absolute Gasteiger partial charge is 0.492 e. The van der Waals surface area contributed by atoms with E-state index in [9.17, 15) is 0 Å². The maximum absolute atomic E-state index is 6.08. The molecule has 0 aliphatic rings. The lowest BCUT2D eigenvalue weighted by molar-refractivity contribution is 0.196. The molecule has 0 fully saturated rings. The zero-order chi connectivity index (χ0) is 19.7. The lowest BCUT2D eigenvalue weighted by Gasteiger charge is -2.23. The molecule has 4 nitrogen and oxygen atoms in total. The van der Waals surface area contributed by atoms with Gasteiger partial charge in [-0.3, -0.25) is 10.00 Å². The summed E-state index contributed by atoms with van der Waals surface area (Å²) in [6.45, 7) is 3.27. The van der Waals surface area contributed by atoms with Gasteiger partial charge in [-0.2, -0.15) is 5.10 Å².